The van der Waals surface area contributed by atoms with Gasteiger partial charge in [0.2, 0.25) is 0 Å². The van der Waals surface area contributed by atoms with Crippen LogP contribution in [0.5, 0.6) is 0 Å². The van der Waals surface area contributed by atoms with Crippen molar-refractivity contribution in [3.05, 3.63) is 35.9 Å². The number of benzene rings is 1. The number of hydrogen-bond donors (Lipinski definition) is 1. The van der Waals surface area contributed by atoms with Crippen LogP contribution in [0, 0.1) is 5.92 Å². The van der Waals surface area contributed by atoms with Crippen LogP contribution in [0.1, 0.15) is 12.5 Å². The Morgan fingerprint density at radius 2 is 1.86 bits per heavy atom. The highest BCUT2D eigenvalue weighted by Gasteiger charge is 2.77. The van der Waals surface area contributed by atoms with Crippen molar-refractivity contribution in [2.45, 2.75) is 18.3 Å². The van der Waals surface area contributed by atoms with E-state index in [0.29, 0.717) is 5.56 Å². The topological polar surface area (TPSA) is 20.2 Å². The summed E-state index contributed by atoms with van der Waals surface area (Å²) in [6.45, 7) is 1.04. The molecule has 0 unspecified atom stereocenters. The van der Waals surface area contributed by atoms with Gasteiger partial charge in [-0.15, -0.1) is 0 Å². The zero-order valence-electron chi connectivity index (χ0n) is 7.87. The Kier molecular flexibility index (Phi) is 1.89. The molecular formula is C11H12F2O. The van der Waals surface area contributed by atoms with Gasteiger partial charge >= 0.3 is 0 Å². The molecule has 1 saturated carbocycles. The SMILES string of the molecule is C[C@@]1(c2ccccc2)[C@@H](CO)C1(F)F. The molecule has 1 fully saturated rings. The highest BCUT2D eigenvalue weighted by Crippen LogP contribution is 2.66. The van der Waals surface area contributed by atoms with Crippen molar-refractivity contribution in [3.63, 3.8) is 0 Å². The molecule has 1 N–H and O–H groups in total. The van der Waals surface area contributed by atoms with Crippen molar-refractivity contribution in [2.75, 3.05) is 6.61 Å². The van der Waals surface area contributed by atoms with E-state index < -0.39 is 23.9 Å². The van der Waals surface area contributed by atoms with Crippen LogP contribution in [0.25, 0.3) is 0 Å². The van der Waals surface area contributed by atoms with Crippen LogP contribution < -0.4 is 0 Å². The van der Waals surface area contributed by atoms with E-state index in [1.165, 1.54) is 6.92 Å². The zero-order chi connectivity index (χ0) is 10.4. The summed E-state index contributed by atoms with van der Waals surface area (Å²) >= 11 is 0. The molecule has 1 aromatic rings. The van der Waals surface area contributed by atoms with Gasteiger partial charge in [-0.1, -0.05) is 30.3 Å². The van der Waals surface area contributed by atoms with Crippen LogP contribution in [-0.4, -0.2) is 17.6 Å². The maximum atomic E-state index is 13.4. The second kappa shape index (κ2) is 2.76. The molecule has 1 aliphatic carbocycles. The van der Waals surface area contributed by atoms with Gasteiger partial charge in [0.05, 0.1) is 17.9 Å². The van der Waals surface area contributed by atoms with Crippen molar-refractivity contribution in [2.24, 2.45) is 5.92 Å². The molecule has 2 atom stereocenters. The molecule has 3 heteroatoms. The molecule has 76 valence electrons. The fourth-order valence-corrected chi connectivity index (χ4v) is 2.09. The van der Waals surface area contributed by atoms with Crippen molar-refractivity contribution < 1.29 is 13.9 Å². The molecule has 0 aromatic heterocycles. The van der Waals surface area contributed by atoms with E-state index in [0.717, 1.165) is 0 Å². The van der Waals surface area contributed by atoms with Gasteiger partial charge in [0.15, 0.2) is 0 Å². The van der Waals surface area contributed by atoms with Gasteiger partial charge in [-0.3, -0.25) is 0 Å². The lowest BCUT2D eigenvalue weighted by atomic mass is 9.95. The Morgan fingerprint density at radius 1 is 1.29 bits per heavy atom. The molecule has 0 heterocycles. The number of aliphatic hydroxyl groups is 1. The normalized spacial score (nSPS) is 34.1. The molecule has 0 amide bonds. The van der Waals surface area contributed by atoms with E-state index in [2.05, 4.69) is 0 Å². The van der Waals surface area contributed by atoms with Gasteiger partial charge in [-0.25, -0.2) is 8.78 Å². The first-order chi connectivity index (χ1) is 6.55. The third kappa shape index (κ3) is 0.960. The predicted molar refractivity (Wildman–Crippen MR) is 49.3 cm³/mol. The molecule has 0 radical (unpaired) electrons. The van der Waals surface area contributed by atoms with Gasteiger partial charge < -0.3 is 5.11 Å². The minimum absolute atomic E-state index is 0.460. The van der Waals surface area contributed by atoms with Crippen molar-refractivity contribution in [1.29, 1.82) is 0 Å². The zero-order valence-corrected chi connectivity index (χ0v) is 7.87. The third-order valence-corrected chi connectivity index (χ3v) is 3.30. The molecule has 14 heavy (non-hydrogen) atoms. The van der Waals surface area contributed by atoms with Gasteiger partial charge in [0.1, 0.15) is 0 Å². The Hall–Kier alpha value is -0.960. The summed E-state index contributed by atoms with van der Waals surface area (Å²) < 4.78 is 26.7. The fourth-order valence-electron chi connectivity index (χ4n) is 2.09. The second-order valence-electron chi connectivity index (χ2n) is 3.93. The molecular weight excluding hydrogens is 186 g/mol. The fraction of sp³-hybridized carbons (Fsp3) is 0.455. The Labute approximate surface area is 81.4 Å². The molecule has 1 aromatic carbocycles. The molecule has 0 spiro atoms. The lowest BCUT2D eigenvalue weighted by Crippen LogP contribution is -2.11. The monoisotopic (exact) mass is 198 g/mol. The van der Waals surface area contributed by atoms with Crippen LogP contribution in [0.3, 0.4) is 0 Å². The highest BCUT2D eigenvalue weighted by molar-refractivity contribution is 5.39. The minimum atomic E-state index is -2.77. The van der Waals surface area contributed by atoms with E-state index in [9.17, 15) is 8.78 Å². The van der Waals surface area contributed by atoms with E-state index in [4.69, 9.17) is 5.11 Å². The highest BCUT2D eigenvalue weighted by atomic mass is 19.3. The average Bonchev–Trinajstić information content (AvgIpc) is 2.63. The van der Waals surface area contributed by atoms with Gasteiger partial charge in [0.25, 0.3) is 5.92 Å². The quantitative estimate of drug-likeness (QED) is 0.772. The predicted octanol–water partition coefficient (Wildman–Crippen LogP) is 2.20. The van der Waals surface area contributed by atoms with Crippen molar-refractivity contribution >= 4 is 0 Å². The summed E-state index contributed by atoms with van der Waals surface area (Å²) in [6, 6.07) is 8.64. The maximum Gasteiger partial charge on any atom is 0.263 e. The number of alkyl halides is 2. The largest absolute Gasteiger partial charge is 0.396 e. The molecule has 2 rings (SSSR count). The van der Waals surface area contributed by atoms with Crippen LogP contribution in [-0.2, 0) is 5.41 Å². The van der Waals surface area contributed by atoms with E-state index in [-0.39, 0.29) is 0 Å². The van der Waals surface area contributed by atoms with Gasteiger partial charge in [-0.2, -0.15) is 0 Å². The summed E-state index contributed by atoms with van der Waals surface area (Å²) in [5.74, 6) is -3.71. The first-order valence-electron chi connectivity index (χ1n) is 4.59. The van der Waals surface area contributed by atoms with Crippen LogP contribution in [0.2, 0.25) is 0 Å². The number of rotatable bonds is 2. The third-order valence-electron chi connectivity index (χ3n) is 3.30. The van der Waals surface area contributed by atoms with Crippen molar-refractivity contribution in [3.8, 4) is 0 Å². The smallest absolute Gasteiger partial charge is 0.263 e. The number of hydrogen-bond acceptors (Lipinski definition) is 1. The standard InChI is InChI=1S/C11H12F2O/c1-10(8-5-3-2-4-6-8)9(7-14)11(10,12)13/h2-6,9,14H,7H2,1H3/t9-,10-/m1/s1. The second-order valence-corrected chi connectivity index (χ2v) is 3.93. The number of halogens is 2. The van der Waals surface area contributed by atoms with Crippen LogP contribution in [0.15, 0.2) is 30.3 Å². The molecule has 1 aliphatic rings. The summed E-state index contributed by atoms with van der Waals surface area (Å²) in [4.78, 5) is 0. The summed E-state index contributed by atoms with van der Waals surface area (Å²) in [6.07, 6.45) is 0. The molecule has 0 aliphatic heterocycles. The van der Waals surface area contributed by atoms with Crippen LogP contribution >= 0.6 is 0 Å². The molecule has 1 nitrogen and oxygen atoms in total. The Balaban J connectivity index is 2.37. The first-order valence-corrected chi connectivity index (χ1v) is 4.59. The van der Waals surface area contributed by atoms with Crippen LogP contribution in [0.4, 0.5) is 8.78 Å². The summed E-state index contributed by atoms with van der Waals surface area (Å²) in [5, 5.41) is 8.86. The van der Waals surface area contributed by atoms with E-state index >= 15 is 0 Å². The van der Waals surface area contributed by atoms with E-state index in [1.54, 1.807) is 30.3 Å². The lowest BCUT2D eigenvalue weighted by molar-refractivity contribution is 0.0684. The molecule has 0 saturated heterocycles. The molecule has 0 bridgehead atoms. The number of aliphatic hydroxyl groups excluding tert-OH is 1. The Bertz CT molecular complexity index is 336. The maximum absolute atomic E-state index is 13.4. The van der Waals surface area contributed by atoms with Gasteiger partial charge in [-0.05, 0) is 12.5 Å². The summed E-state index contributed by atoms with van der Waals surface area (Å²) in [5.41, 5.74) is -0.577. The summed E-state index contributed by atoms with van der Waals surface area (Å²) in [7, 11) is 0. The lowest BCUT2D eigenvalue weighted by Gasteiger charge is -2.09. The first kappa shape index (κ1) is 9.59. The van der Waals surface area contributed by atoms with Crippen molar-refractivity contribution in [1.82, 2.24) is 0 Å². The Morgan fingerprint density at radius 3 is 2.29 bits per heavy atom. The average molecular weight is 198 g/mol. The van der Waals surface area contributed by atoms with E-state index in [1.807, 2.05) is 0 Å². The minimum Gasteiger partial charge on any atom is -0.396 e. The van der Waals surface area contributed by atoms with Gasteiger partial charge in [0, 0.05) is 0 Å².